The van der Waals surface area contributed by atoms with Crippen LogP contribution in [-0.4, -0.2) is 21.1 Å². The zero-order valence-electron chi connectivity index (χ0n) is 36.4. The van der Waals surface area contributed by atoms with Crippen LogP contribution in [0.3, 0.4) is 0 Å². The number of aromatic nitrogens is 2. The minimum Gasteiger partial charge on any atom is -0.310 e. The van der Waals surface area contributed by atoms with E-state index >= 15 is 0 Å². The van der Waals surface area contributed by atoms with Crippen LogP contribution in [-0.2, 0) is 5.41 Å². The van der Waals surface area contributed by atoms with Crippen molar-refractivity contribution in [3.05, 3.63) is 276 Å². The average Bonchev–Trinajstić information content (AvgIpc) is 3.91. The second-order valence-corrected chi connectivity index (χ2v) is 16.9. The lowest BCUT2D eigenvalue weighted by Gasteiger charge is -2.45. The predicted molar refractivity (Wildman–Crippen MR) is 273 cm³/mol. The van der Waals surface area contributed by atoms with Crippen molar-refractivity contribution in [2.75, 3.05) is 4.90 Å². The van der Waals surface area contributed by atoms with E-state index in [2.05, 4.69) is 210 Å². The van der Waals surface area contributed by atoms with Gasteiger partial charge in [-0.1, -0.05) is 176 Å². The molecule has 2 aliphatic rings. The van der Waals surface area contributed by atoms with Gasteiger partial charge in [-0.05, 0) is 112 Å². The highest BCUT2D eigenvalue weighted by Crippen LogP contribution is 2.63. The van der Waals surface area contributed by atoms with Crippen molar-refractivity contribution in [1.29, 1.82) is 0 Å². The molecule has 1 aromatic heterocycles. The second kappa shape index (κ2) is 15.8. The monoisotopic (exact) mass is 845 g/mol. The number of rotatable bonds is 7. The van der Waals surface area contributed by atoms with Crippen molar-refractivity contribution in [2.45, 2.75) is 12.3 Å². The first-order valence-corrected chi connectivity index (χ1v) is 22.4. The van der Waals surface area contributed by atoms with Gasteiger partial charge in [0.2, 0.25) is 0 Å². The number of hydrogen-bond acceptors (Lipinski definition) is 3. The van der Waals surface area contributed by atoms with E-state index in [4.69, 9.17) is 21.5 Å². The third-order valence-corrected chi connectivity index (χ3v) is 13.2. The molecular weight excluding hydrogens is 803 g/mol. The van der Waals surface area contributed by atoms with Crippen molar-refractivity contribution in [2.24, 2.45) is 9.98 Å². The van der Waals surface area contributed by atoms with Crippen molar-refractivity contribution in [3.8, 4) is 28.2 Å². The molecule has 66 heavy (non-hydrogen) atoms. The molecule has 9 aromatic carbocycles. The summed E-state index contributed by atoms with van der Waals surface area (Å²) in [5.41, 5.74) is 18.4. The smallest absolute Gasteiger partial charge is 0.160 e. The lowest BCUT2D eigenvalue weighted by molar-refractivity contribution is 0.752. The lowest BCUT2D eigenvalue weighted by atomic mass is 9.64. The predicted octanol–water partition coefficient (Wildman–Crippen LogP) is 14.8. The number of para-hydroxylation sites is 6. The minimum atomic E-state index is -0.603. The van der Waals surface area contributed by atoms with Crippen LogP contribution < -0.4 is 4.90 Å². The molecule has 5 nitrogen and oxygen atoms in total. The number of hydrogen-bond donors (Lipinski definition) is 0. The van der Waals surface area contributed by atoms with E-state index < -0.39 is 5.41 Å². The van der Waals surface area contributed by atoms with Crippen LogP contribution in [0, 0.1) is 0 Å². The van der Waals surface area contributed by atoms with Crippen LogP contribution in [0.25, 0.3) is 44.9 Å². The Morgan fingerprint density at radius 1 is 0.470 bits per heavy atom. The fourth-order valence-electron chi connectivity index (χ4n) is 10.2. The number of benzene rings is 9. The minimum absolute atomic E-state index is 0.566. The summed E-state index contributed by atoms with van der Waals surface area (Å²) in [6, 6.07) is 81.5. The van der Waals surface area contributed by atoms with Gasteiger partial charge >= 0.3 is 0 Å². The van der Waals surface area contributed by atoms with Crippen LogP contribution in [0.1, 0.15) is 45.9 Å². The van der Waals surface area contributed by atoms with Gasteiger partial charge in [-0.3, -0.25) is 4.57 Å². The molecule has 312 valence electrons. The molecule has 0 fully saturated rings. The van der Waals surface area contributed by atoms with Gasteiger partial charge in [-0.25, -0.2) is 15.0 Å². The molecule has 1 aliphatic heterocycles. The summed E-state index contributed by atoms with van der Waals surface area (Å²) in [5, 5.41) is 0. The Morgan fingerprint density at radius 3 is 1.77 bits per heavy atom. The van der Waals surface area contributed by atoms with Gasteiger partial charge in [0.05, 0.1) is 33.5 Å². The molecule has 0 N–H and O–H groups in total. The fraction of sp³-hybridized carbons (Fsp3) is 0.0328. The Morgan fingerprint density at radius 2 is 1.05 bits per heavy atom. The molecule has 2 heterocycles. The van der Waals surface area contributed by atoms with E-state index in [1.807, 2.05) is 37.3 Å². The fourth-order valence-corrected chi connectivity index (χ4v) is 10.2. The number of fused-ring (bicyclic) bond motifs is 10. The number of amidine groups is 1. The highest BCUT2D eigenvalue weighted by molar-refractivity contribution is 6.13. The van der Waals surface area contributed by atoms with Gasteiger partial charge < -0.3 is 4.90 Å². The summed E-state index contributed by atoms with van der Waals surface area (Å²) in [6.45, 7) is 6.74. The summed E-state index contributed by atoms with van der Waals surface area (Å²) in [4.78, 5) is 18.3. The largest absolute Gasteiger partial charge is 0.310 e. The molecule has 0 radical (unpaired) electrons. The molecule has 1 aliphatic carbocycles. The van der Waals surface area contributed by atoms with Gasteiger partial charge in [0.25, 0.3) is 0 Å². The summed E-state index contributed by atoms with van der Waals surface area (Å²) >= 11 is 0. The van der Waals surface area contributed by atoms with Crippen LogP contribution in [0.5, 0.6) is 0 Å². The molecule has 0 saturated carbocycles. The lowest BCUT2D eigenvalue weighted by Crippen LogP contribution is -2.36. The highest BCUT2D eigenvalue weighted by atomic mass is 15.2. The van der Waals surface area contributed by atoms with Gasteiger partial charge in [0, 0.05) is 28.2 Å². The summed E-state index contributed by atoms with van der Waals surface area (Å²) < 4.78 is 2.22. The standard InChI is InChI=1S/C61H43N5/c1-41(43-21-6-3-7-22-43)62-59(45-23-20-24-46(39-45)60-64-55-33-16-19-36-58(55)66(60)48-27-10-5-11-28-48)63-42(2)44-37-38-50-49-29-12-13-30-51(49)61(54(50)40-44)52-31-14-17-34-56(52)65(47-25-8-4-9-26-47)57-35-18-15-32-53(57)61/h3-40H,2H2,1H3. The zero-order chi connectivity index (χ0) is 44.2. The molecule has 12 rings (SSSR count). The van der Waals surface area contributed by atoms with Crippen LogP contribution in [0.15, 0.2) is 247 Å². The van der Waals surface area contributed by atoms with E-state index in [9.17, 15) is 0 Å². The maximum absolute atomic E-state index is 5.39. The molecule has 0 bridgehead atoms. The van der Waals surface area contributed by atoms with E-state index in [0.717, 1.165) is 67.6 Å². The van der Waals surface area contributed by atoms with Crippen molar-refractivity contribution < 1.29 is 0 Å². The maximum Gasteiger partial charge on any atom is 0.160 e. The Balaban J connectivity index is 1.03. The van der Waals surface area contributed by atoms with Gasteiger partial charge in [-0.15, -0.1) is 0 Å². The second-order valence-electron chi connectivity index (χ2n) is 16.9. The molecule has 10 aromatic rings. The first kappa shape index (κ1) is 39.0. The topological polar surface area (TPSA) is 45.8 Å². The third kappa shape index (κ3) is 6.20. The number of aliphatic imine (C=N–C) groups is 2. The van der Waals surface area contributed by atoms with E-state index in [1.165, 1.54) is 33.4 Å². The summed E-state index contributed by atoms with van der Waals surface area (Å²) in [7, 11) is 0. The van der Waals surface area contributed by atoms with Gasteiger partial charge in [0.1, 0.15) is 5.82 Å². The summed E-state index contributed by atoms with van der Waals surface area (Å²) in [5.74, 6) is 1.41. The highest BCUT2D eigenvalue weighted by Gasteiger charge is 2.51. The molecule has 5 heteroatoms. The molecule has 1 spiro atoms. The number of nitrogens with zero attached hydrogens (tertiary/aromatic N) is 5. The molecular formula is C61H43N5. The SMILES string of the molecule is C=C(N=C(N=C(C)c1ccccc1)c1cccc(-c2nc3ccccc3n2-c2ccccc2)c1)c1ccc2c(c1)C1(c3ccccc3-2)c2ccccc2N(c2ccccc2)c2ccccc21. The maximum atomic E-state index is 5.39. The van der Waals surface area contributed by atoms with Crippen molar-refractivity contribution in [3.63, 3.8) is 0 Å². The Labute approximate surface area is 384 Å². The van der Waals surface area contributed by atoms with Crippen molar-refractivity contribution in [1.82, 2.24) is 9.55 Å². The van der Waals surface area contributed by atoms with Gasteiger partial charge in [0.15, 0.2) is 5.84 Å². The molecule has 0 saturated heterocycles. The van der Waals surface area contributed by atoms with Gasteiger partial charge in [-0.2, -0.15) is 0 Å². The van der Waals surface area contributed by atoms with Crippen molar-refractivity contribution >= 4 is 45.3 Å². The number of anilines is 3. The Hall–Kier alpha value is -8.67. The third-order valence-electron chi connectivity index (χ3n) is 13.2. The van der Waals surface area contributed by atoms with Crippen LogP contribution in [0.2, 0.25) is 0 Å². The van der Waals surface area contributed by atoms with Crippen LogP contribution in [0.4, 0.5) is 17.1 Å². The van der Waals surface area contributed by atoms with E-state index in [0.29, 0.717) is 11.5 Å². The molecule has 0 atom stereocenters. The Bertz CT molecular complexity index is 3520. The number of imidazole rings is 1. The molecule has 0 unspecified atom stereocenters. The molecule has 0 amide bonds. The average molecular weight is 846 g/mol. The van der Waals surface area contributed by atoms with Crippen LogP contribution >= 0.6 is 0 Å². The first-order chi connectivity index (χ1) is 32.6. The Kier molecular flexibility index (Phi) is 9.35. The normalized spacial score (nSPS) is 13.6. The quantitative estimate of drug-likeness (QED) is 0.118. The zero-order valence-corrected chi connectivity index (χ0v) is 36.4. The summed E-state index contributed by atoms with van der Waals surface area (Å²) in [6.07, 6.45) is 0. The van der Waals surface area contributed by atoms with E-state index in [-0.39, 0.29) is 0 Å². The van der Waals surface area contributed by atoms with E-state index in [1.54, 1.807) is 0 Å². The first-order valence-electron chi connectivity index (χ1n) is 22.4.